The van der Waals surface area contributed by atoms with Gasteiger partial charge in [0.25, 0.3) is 0 Å². The van der Waals surface area contributed by atoms with E-state index in [2.05, 4.69) is 34.0 Å². The van der Waals surface area contributed by atoms with E-state index in [9.17, 15) is 4.79 Å². The fourth-order valence-electron chi connectivity index (χ4n) is 3.77. The van der Waals surface area contributed by atoms with Crippen LogP contribution in [0.3, 0.4) is 0 Å². The summed E-state index contributed by atoms with van der Waals surface area (Å²) in [5, 5.41) is 7.99. The van der Waals surface area contributed by atoms with Crippen LogP contribution in [-0.2, 0) is 4.79 Å². The van der Waals surface area contributed by atoms with Gasteiger partial charge in [0.2, 0.25) is 5.91 Å². The van der Waals surface area contributed by atoms with E-state index in [-0.39, 0.29) is 11.7 Å². The lowest BCUT2D eigenvalue weighted by molar-refractivity contribution is -0.134. The minimum Gasteiger partial charge on any atom is -0.321 e. The standard InChI is InChI=1S/C16H22N2OS/c1-15(7-8-15)11-18-13(12-4-9-20-10-12)17-16(14(18)19)5-2-3-6-16/h4,9-10,13,17H,2-3,5-8,11H2,1H3. The van der Waals surface area contributed by atoms with Gasteiger partial charge in [-0.2, -0.15) is 11.3 Å². The molecule has 1 spiro atoms. The highest BCUT2D eigenvalue weighted by Gasteiger charge is 2.55. The summed E-state index contributed by atoms with van der Waals surface area (Å²) in [7, 11) is 0. The zero-order valence-electron chi connectivity index (χ0n) is 12.0. The number of carbonyl (C=O) groups excluding carboxylic acids is 1. The van der Waals surface area contributed by atoms with E-state index in [1.807, 2.05) is 0 Å². The van der Waals surface area contributed by atoms with Gasteiger partial charge in [0.05, 0.1) is 5.54 Å². The molecule has 3 fully saturated rings. The molecule has 1 amide bonds. The van der Waals surface area contributed by atoms with E-state index in [1.165, 1.54) is 31.2 Å². The fraction of sp³-hybridized carbons (Fsp3) is 0.688. The maximum Gasteiger partial charge on any atom is 0.244 e. The average Bonchev–Trinajstić information content (AvgIpc) is 2.91. The van der Waals surface area contributed by atoms with Crippen LogP contribution in [0.1, 0.15) is 57.2 Å². The van der Waals surface area contributed by atoms with Crippen LogP contribution in [0.2, 0.25) is 0 Å². The first-order valence-corrected chi connectivity index (χ1v) is 8.67. The van der Waals surface area contributed by atoms with Crippen molar-refractivity contribution in [2.75, 3.05) is 6.54 Å². The summed E-state index contributed by atoms with van der Waals surface area (Å²) >= 11 is 1.72. The van der Waals surface area contributed by atoms with Gasteiger partial charge in [-0.3, -0.25) is 10.1 Å². The number of thiophene rings is 1. The Morgan fingerprint density at radius 1 is 1.35 bits per heavy atom. The fourth-order valence-corrected chi connectivity index (χ4v) is 4.45. The van der Waals surface area contributed by atoms with Gasteiger partial charge in [0.1, 0.15) is 6.17 Å². The van der Waals surface area contributed by atoms with Gasteiger partial charge >= 0.3 is 0 Å². The van der Waals surface area contributed by atoms with Crippen molar-refractivity contribution in [2.45, 2.75) is 57.2 Å². The first kappa shape index (κ1) is 12.8. The molecule has 1 N–H and O–H groups in total. The van der Waals surface area contributed by atoms with Crippen LogP contribution in [0, 0.1) is 5.41 Å². The van der Waals surface area contributed by atoms with Gasteiger partial charge in [-0.15, -0.1) is 0 Å². The maximum atomic E-state index is 13.0. The number of carbonyl (C=O) groups is 1. The van der Waals surface area contributed by atoms with E-state index < -0.39 is 0 Å². The Hall–Kier alpha value is -0.870. The molecular weight excluding hydrogens is 268 g/mol. The second-order valence-electron chi connectivity index (χ2n) is 7.14. The smallest absolute Gasteiger partial charge is 0.244 e. The summed E-state index contributed by atoms with van der Waals surface area (Å²) in [6.45, 7) is 3.23. The number of hydrogen-bond acceptors (Lipinski definition) is 3. The highest BCUT2D eigenvalue weighted by atomic mass is 32.1. The molecule has 2 aliphatic carbocycles. The molecule has 1 atom stereocenters. The quantitative estimate of drug-likeness (QED) is 0.926. The number of amides is 1. The minimum atomic E-state index is -0.252. The van der Waals surface area contributed by atoms with Crippen molar-refractivity contribution < 1.29 is 4.79 Å². The lowest BCUT2D eigenvalue weighted by atomic mass is 9.97. The van der Waals surface area contributed by atoms with Crippen molar-refractivity contribution in [3.05, 3.63) is 22.4 Å². The van der Waals surface area contributed by atoms with Gasteiger partial charge in [-0.05, 0) is 53.5 Å². The molecule has 1 aromatic heterocycles. The first-order valence-electron chi connectivity index (χ1n) is 7.73. The number of rotatable bonds is 3. The second kappa shape index (κ2) is 4.31. The summed E-state index contributed by atoms with van der Waals surface area (Å²) in [5.41, 5.74) is 1.38. The zero-order chi connectivity index (χ0) is 13.8. The van der Waals surface area contributed by atoms with Crippen LogP contribution in [-0.4, -0.2) is 22.9 Å². The van der Waals surface area contributed by atoms with Gasteiger partial charge in [0.15, 0.2) is 0 Å². The van der Waals surface area contributed by atoms with Crippen molar-refractivity contribution >= 4 is 17.2 Å². The van der Waals surface area contributed by atoms with E-state index in [1.54, 1.807) is 11.3 Å². The molecule has 3 nitrogen and oxygen atoms in total. The van der Waals surface area contributed by atoms with Crippen molar-refractivity contribution in [2.24, 2.45) is 5.41 Å². The molecule has 108 valence electrons. The number of nitrogens with one attached hydrogen (secondary N) is 1. The molecule has 1 aromatic rings. The molecule has 20 heavy (non-hydrogen) atoms. The van der Waals surface area contributed by atoms with E-state index >= 15 is 0 Å². The molecule has 0 radical (unpaired) electrons. The lowest BCUT2D eigenvalue weighted by Gasteiger charge is -2.26. The van der Waals surface area contributed by atoms with Crippen LogP contribution in [0.4, 0.5) is 0 Å². The third-order valence-electron chi connectivity index (χ3n) is 5.37. The highest BCUT2D eigenvalue weighted by Crippen LogP contribution is 2.49. The van der Waals surface area contributed by atoms with Gasteiger partial charge in [-0.25, -0.2) is 0 Å². The van der Waals surface area contributed by atoms with E-state index in [4.69, 9.17) is 0 Å². The van der Waals surface area contributed by atoms with Crippen LogP contribution in [0.25, 0.3) is 0 Å². The third-order valence-corrected chi connectivity index (χ3v) is 6.07. The van der Waals surface area contributed by atoms with E-state index in [0.717, 1.165) is 19.4 Å². The Morgan fingerprint density at radius 3 is 2.70 bits per heavy atom. The number of nitrogens with zero attached hydrogens (tertiary/aromatic N) is 1. The monoisotopic (exact) mass is 290 g/mol. The van der Waals surface area contributed by atoms with Crippen molar-refractivity contribution in [1.82, 2.24) is 10.2 Å². The SMILES string of the molecule is CC1(CN2C(=O)C3(CCCC3)NC2c2ccsc2)CC1. The Balaban J connectivity index is 1.66. The minimum absolute atomic E-state index is 0.101. The molecule has 1 saturated heterocycles. The summed E-state index contributed by atoms with van der Waals surface area (Å²) < 4.78 is 0. The molecule has 1 unspecified atom stereocenters. The summed E-state index contributed by atoms with van der Waals surface area (Å²) in [6, 6.07) is 2.16. The molecule has 4 rings (SSSR count). The molecule has 4 heteroatoms. The number of hydrogen-bond donors (Lipinski definition) is 1. The Labute approximate surface area is 124 Å². The van der Waals surface area contributed by atoms with Gasteiger partial charge < -0.3 is 4.90 Å². The van der Waals surface area contributed by atoms with Crippen LogP contribution in [0.15, 0.2) is 16.8 Å². The lowest BCUT2D eigenvalue weighted by Crippen LogP contribution is -2.44. The second-order valence-corrected chi connectivity index (χ2v) is 7.92. The predicted molar refractivity (Wildman–Crippen MR) is 80.4 cm³/mol. The summed E-state index contributed by atoms with van der Waals surface area (Å²) in [4.78, 5) is 15.1. The molecule has 1 aliphatic heterocycles. The van der Waals surface area contributed by atoms with Crippen molar-refractivity contribution in [1.29, 1.82) is 0 Å². The van der Waals surface area contributed by atoms with Crippen molar-refractivity contribution in [3.8, 4) is 0 Å². The summed E-state index contributed by atoms with van der Waals surface area (Å²) in [6.07, 6.45) is 7.02. The zero-order valence-corrected chi connectivity index (χ0v) is 12.8. The normalized spacial score (nSPS) is 30.4. The molecule has 3 aliphatic rings. The molecule has 2 heterocycles. The first-order chi connectivity index (χ1) is 9.62. The van der Waals surface area contributed by atoms with Gasteiger partial charge in [0, 0.05) is 6.54 Å². The average molecular weight is 290 g/mol. The summed E-state index contributed by atoms with van der Waals surface area (Å²) in [5.74, 6) is 0.360. The molecule has 2 saturated carbocycles. The van der Waals surface area contributed by atoms with Crippen LogP contribution in [0.5, 0.6) is 0 Å². The van der Waals surface area contributed by atoms with Crippen LogP contribution < -0.4 is 5.32 Å². The molecular formula is C16H22N2OS. The highest BCUT2D eigenvalue weighted by molar-refractivity contribution is 7.07. The van der Waals surface area contributed by atoms with Crippen molar-refractivity contribution in [3.63, 3.8) is 0 Å². The predicted octanol–water partition coefficient (Wildman–Crippen LogP) is 3.29. The third kappa shape index (κ3) is 1.92. The Bertz CT molecular complexity index is 515. The van der Waals surface area contributed by atoms with E-state index in [0.29, 0.717) is 11.3 Å². The van der Waals surface area contributed by atoms with Crippen LogP contribution >= 0.6 is 11.3 Å². The Kier molecular flexibility index (Phi) is 2.77. The topological polar surface area (TPSA) is 32.3 Å². The van der Waals surface area contributed by atoms with Gasteiger partial charge in [-0.1, -0.05) is 19.8 Å². The largest absolute Gasteiger partial charge is 0.321 e. The molecule has 0 aromatic carbocycles. The molecule has 0 bridgehead atoms. The Morgan fingerprint density at radius 2 is 2.10 bits per heavy atom. The maximum absolute atomic E-state index is 13.0.